The highest BCUT2D eigenvalue weighted by Crippen LogP contribution is 2.30. The lowest BCUT2D eigenvalue weighted by atomic mass is 10.1. The van der Waals surface area contributed by atoms with Gasteiger partial charge in [0.25, 0.3) is 0 Å². The molecular formula is C21H16N6O. The van der Waals surface area contributed by atoms with E-state index in [1.54, 1.807) is 30.7 Å². The Hall–Kier alpha value is -4.31. The molecule has 28 heavy (non-hydrogen) atoms. The molecule has 0 saturated carbocycles. The minimum absolute atomic E-state index is 0.158. The topological polar surface area (TPSA) is 113 Å². The number of nitrogens with zero attached hydrogens (tertiary/aromatic N) is 3. The van der Waals surface area contributed by atoms with Crippen molar-refractivity contribution >= 4 is 17.2 Å². The van der Waals surface area contributed by atoms with Gasteiger partial charge in [-0.1, -0.05) is 30.3 Å². The molecule has 0 spiro atoms. The summed E-state index contributed by atoms with van der Waals surface area (Å²) < 4.78 is 5.76. The Bertz CT molecular complexity index is 1120. The number of benzene rings is 2. The number of pyridine rings is 1. The smallest absolute Gasteiger partial charge is 0.241 e. The lowest BCUT2D eigenvalue weighted by molar-refractivity contribution is 0.462. The van der Waals surface area contributed by atoms with E-state index in [0.29, 0.717) is 17.3 Å². The minimum atomic E-state index is 0.158. The lowest BCUT2D eigenvalue weighted by Gasteiger charge is -2.12. The number of nitrogen functional groups attached to an aromatic ring is 1. The number of rotatable bonds is 5. The van der Waals surface area contributed by atoms with Crippen molar-refractivity contribution in [3.05, 3.63) is 78.8 Å². The summed E-state index contributed by atoms with van der Waals surface area (Å²) >= 11 is 0. The first-order valence-electron chi connectivity index (χ1n) is 8.52. The molecule has 136 valence electrons. The Balaban J connectivity index is 1.60. The first kappa shape index (κ1) is 17.1. The fourth-order valence-electron chi connectivity index (χ4n) is 2.69. The van der Waals surface area contributed by atoms with E-state index in [0.717, 1.165) is 16.9 Å². The highest BCUT2D eigenvalue weighted by Gasteiger charge is 2.13. The van der Waals surface area contributed by atoms with Gasteiger partial charge in [-0.15, -0.1) is 0 Å². The maximum absolute atomic E-state index is 9.40. The molecule has 0 bridgehead atoms. The van der Waals surface area contributed by atoms with Crippen molar-refractivity contribution in [3.8, 4) is 29.0 Å². The molecule has 0 fully saturated rings. The van der Waals surface area contributed by atoms with E-state index in [2.05, 4.69) is 20.3 Å². The number of nitriles is 1. The summed E-state index contributed by atoms with van der Waals surface area (Å²) in [4.78, 5) is 11.5. The van der Waals surface area contributed by atoms with Crippen LogP contribution in [0, 0.1) is 11.3 Å². The molecule has 0 amide bonds. The van der Waals surface area contributed by atoms with Crippen molar-refractivity contribution in [2.24, 2.45) is 0 Å². The molecule has 4 rings (SSSR count). The molecule has 0 aliphatic carbocycles. The van der Waals surface area contributed by atoms with Crippen molar-refractivity contribution in [2.45, 2.75) is 0 Å². The summed E-state index contributed by atoms with van der Waals surface area (Å²) in [6, 6.07) is 20.6. The number of imidazole rings is 1. The fourth-order valence-corrected chi connectivity index (χ4v) is 2.69. The van der Waals surface area contributed by atoms with Gasteiger partial charge in [-0.05, 0) is 29.8 Å². The number of anilines is 3. The molecule has 7 nitrogen and oxygen atoms in total. The Kier molecular flexibility index (Phi) is 4.59. The van der Waals surface area contributed by atoms with E-state index in [4.69, 9.17) is 10.5 Å². The Morgan fingerprint density at radius 1 is 1.07 bits per heavy atom. The number of aromatic amines is 1. The van der Waals surface area contributed by atoms with Crippen LogP contribution < -0.4 is 15.8 Å². The fraction of sp³-hybridized carbons (Fsp3) is 0. The van der Waals surface area contributed by atoms with Gasteiger partial charge in [0.05, 0.1) is 23.9 Å². The quantitative estimate of drug-likeness (QED) is 0.479. The second kappa shape index (κ2) is 7.51. The molecule has 4 aromatic rings. The number of hydrogen-bond donors (Lipinski definition) is 3. The molecule has 0 saturated heterocycles. The molecular weight excluding hydrogens is 352 g/mol. The summed E-state index contributed by atoms with van der Waals surface area (Å²) in [5, 5.41) is 12.6. The molecule has 0 aliphatic heterocycles. The average molecular weight is 368 g/mol. The average Bonchev–Trinajstić information content (AvgIpc) is 3.24. The molecule has 0 aliphatic rings. The highest BCUT2D eigenvalue weighted by atomic mass is 16.5. The molecule has 4 N–H and O–H groups in total. The van der Waals surface area contributed by atoms with E-state index in [1.165, 1.54) is 0 Å². The first-order chi connectivity index (χ1) is 13.7. The summed E-state index contributed by atoms with van der Waals surface area (Å²) in [7, 11) is 0. The van der Waals surface area contributed by atoms with Crippen LogP contribution in [0.1, 0.15) is 5.56 Å². The Morgan fingerprint density at radius 3 is 2.54 bits per heavy atom. The number of nitrogens with one attached hydrogen (secondary N) is 2. The number of nitrogens with two attached hydrogens (primary N) is 1. The molecule has 0 unspecified atom stereocenters. The monoisotopic (exact) mass is 368 g/mol. The largest absolute Gasteiger partial charge is 0.438 e. The van der Waals surface area contributed by atoms with Crippen molar-refractivity contribution in [3.63, 3.8) is 0 Å². The van der Waals surface area contributed by atoms with E-state index >= 15 is 0 Å². The summed E-state index contributed by atoms with van der Waals surface area (Å²) in [6.07, 6.45) is 3.40. The highest BCUT2D eigenvalue weighted by molar-refractivity contribution is 5.69. The van der Waals surface area contributed by atoms with Crippen LogP contribution in [0.3, 0.4) is 0 Å². The van der Waals surface area contributed by atoms with Gasteiger partial charge >= 0.3 is 0 Å². The van der Waals surface area contributed by atoms with Crippen molar-refractivity contribution in [1.82, 2.24) is 15.0 Å². The van der Waals surface area contributed by atoms with Crippen molar-refractivity contribution in [1.29, 1.82) is 5.26 Å². The minimum Gasteiger partial charge on any atom is -0.438 e. The van der Waals surface area contributed by atoms with E-state index in [1.807, 2.05) is 48.5 Å². The zero-order valence-corrected chi connectivity index (χ0v) is 14.8. The van der Waals surface area contributed by atoms with Gasteiger partial charge in [-0.3, -0.25) is 0 Å². The predicted octanol–water partition coefficient (Wildman–Crippen LogP) is 4.46. The number of hydrogen-bond acceptors (Lipinski definition) is 6. The Labute approximate surface area is 161 Å². The van der Waals surface area contributed by atoms with Crippen LogP contribution in [0.15, 0.2) is 73.2 Å². The molecule has 7 heteroatoms. The second-order valence-electron chi connectivity index (χ2n) is 5.97. The van der Waals surface area contributed by atoms with Gasteiger partial charge in [0, 0.05) is 11.8 Å². The zero-order valence-electron chi connectivity index (χ0n) is 14.8. The summed E-state index contributed by atoms with van der Waals surface area (Å²) in [5.41, 5.74) is 9.30. The van der Waals surface area contributed by atoms with E-state index < -0.39 is 0 Å². The molecule has 2 aromatic carbocycles. The lowest BCUT2D eigenvalue weighted by Crippen LogP contribution is -2.02. The van der Waals surface area contributed by atoms with Gasteiger partial charge in [0.1, 0.15) is 23.2 Å². The first-order valence-corrected chi connectivity index (χ1v) is 8.52. The maximum atomic E-state index is 9.40. The third-order valence-electron chi connectivity index (χ3n) is 4.05. The number of aromatic nitrogens is 3. The summed E-state index contributed by atoms with van der Waals surface area (Å²) in [5.74, 6) is 1.22. The third kappa shape index (κ3) is 3.61. The van der Waals surface area contributed by atoms with Crippen LogP contribution in [0.5, 0.6) is 11.6 Å². The van der Waals surface area contributed by atoms with Crippen molar-refractivity contribution in [2.75, 3.05) is 11.1 Å². The third-order valence-corrected chi connectivity index (χ3v) is 4.05. The SMILES string of the molecule is N#Cc1c(N)cc(Nc2ccc(-c3cnc[nH]3)cc2)nc1Oc1ccccc1. The van der Waals surface area contributed by atoms with Crippen LogP contribution in [-0.2, 0) is 0 Å². The van der Waals surface area contributed by atoms with Crippen LogP contribution in [0.2, 0.25) is 0 Å². The van der Waals surface area contributed by atoms with E-state index in [9.17, 15) is 5.26 Å². The zero-order chi connectivity index (χ0) is 19.3. The number of ether oxygens (including phenoxy) is 1. The van der Waals surface area contributed by atoms with Gasteiger partial charge in [-0.25, -0.2) is 4.98 Å². The molecule has 0 atom stereocenters. The van der Waals surface area contributed by atoms with Gasteiger partial charge in [-0.2, -0.15) is 10.2 Å². The predicted molar refractivity (Wildman–Crippen MR) is 107 cm³/mol. The van der Waals surface area contributed by atoms with Crippen LogP contribution in [0.25, 0.3) is 11.3 Å². The number of para-hydroxylation sites is 1. The van der Waals surface area contributed by atoms with Gasteiger partial charge in [0.15, 0.2) is 0 Å². The number of H-pyrrole nitrogens is 1. The van der Waals surface area contributed by atoms with Crippen LogP contribution >= 0.6 is 0 Å². The van der Waals surface area contributed by atoms with Gasteiger partial charge < -0.3 is 20.8 Å². The van der Waals surface area contributed by atoms with Crippen LogP contribution in [0.4, 0.5) is 17.2 Å². The molecule has 2 heterocycles. The molecule has 2 aromatic heterocycles. The Morgan fingerprint density at radius 2 is 1.86 bits per heavy atom. The molecule has 0 radical (unpaired) electrons. The standard InChI is InChI=1S/C21H16N6O/c22-11-17-18(23)10-20(27-21(17)28-16-4-2-1-3-5-16)26-15-8-6-14(7-9-15)19-12-24-13-25-19/h1-10,12-13H,(H,24,25)(H3,23,26,27). The summed E-state index contributed by atoms with van der Waals surface area (Å²) in [6.45, 7) is 0. The van der Waals surface area contributed by atoms with Crippen molar-refractivity contribution < 1.29 is 4.74 Å². The maximum Gasteiger partial charge on any atom is 0.241 e. The normalized spacial score (nSPS) is 10.2. The van der Waals surface area contributed by atoms with E-state index in [-0.39, 0.29) is 11.4 Å². The second-order valence-corrected chi connectivity index (χ2v) is 5.97. The van der Waals surface area contributed by atoms with Gasteiger partial charge in [0.2, 0.25) is 5.88 Å². The van der Waals surface area contributed by atoms with Crippen LogP contribution in [-0.4, -0.2) is 15.0 Å².